The summed E-state index contributed by atoms with van der Waals surface area (Å²) in [4.78, 5) is 23.5. The molecule has 0 saturated heterocycles. The Labute approximate surface area is 216 Å². The fourth-order valence-electron chi connectivity index (χ4n) is 5.15. The zero-order valence-electron chi connectivity index (χ0n) is 21.1. The molecule has 3 aromatic rings. The predicted molar refractivity (Wildman–Crippen MR) is 142 cm³/mol. The number of esters is 2. The van der Waals surface area contributed by atoms with Crippen molar-refractivity contribution in [1.29, 1.82) is 0 Å². The Hall–Kier alpha value is -4.06. The molecule has 190 valence electrons. The summed E-state index contributed by atoms with van der Waals surface area (Å²) in [6.07, 6.45) is 9.39. The van der Waals surface area contributed by atoms with Gasteiger partial charge in [0.25, 0.3) is 0 Å². The topological polar surface area (TPSA) is 71.1 Å². The van der Waals surface area contributed by atoms with Gasteiger partial charge in [0.05, 0.1) is 13.2 Å². The van der Waals surface area contributed by atoms with Crippen molar-refractivity contribution in [3.05, 3.63) is 77.4 Å². The van der Waals surface area contributed by atoms with E-state index in [0.29, 0.717) is 13.2 Å². The van der Waals surface area contributed by atoms with Crippen LogP contribution in [0.4, 0.5) is 0 Å². The third-order valence-electron chi connectivity index (χ3n) is 6.79. The van der Waals surface area contributed by atoms with Gasteiger partial charge in [0, 0.05) is 23.3 Å². The molecule has 0 aromatic heterocycles. The Morgan fingerprint density at radius 2 is 1.65 bits per heavy atom. The van der Waals surface area contributed by atoms with E-state index in [-0.39, 0.29) is 24.6 Å². The van der Waals surface area contributed by atoms with Gasteiger partial charge >= 0.3 is 11.9 Å². The number of allylic oxidation sites excluding steroid dienone is 1. The molecule has 6 heteroatoms. The standard InChI is InChI=1S/C31H30O6/c1-3-34-28(32)15-7-20-5-11-24-22(17-20)9-13-26-30(24)31-25-12-6-21(8-16-29(33)35-4-2)18-23(25)10-14-27(31)37-19-36-26/h5,7-11,13-17,21H,3-4,6,12,18-19H2,1-2H3/b15-7+,16-8+. The molecule has 1 aliphatic heterocycles. The van der Waals surface area contributed by atoms with Crippen LogP contribution in [0.15, 0.2) is 60.7 Å². The number of hydrogen-bond donors (Lipinski definition) is 0. The number of carbonyl (C=O) groups is 2. The van der Waals surface area contributed by atoms with Crippen LogP contribution < -0.4 is 9.47 Å². The molecule has 6 nitrogen and oxygen atoms in total. The van der Waals surface area contributed by atoms with Crippen molar-refractivity contribution in [2.45, 2.75) is 33.1 Å². The van der Waals surface area contributed by atoms with Gasteiger partial charge in [-0.2, -0.15) is 0 Å². The predicted octanol–water partition coefficient (Wildman–Crippen LogP) is 6.04. The van der Waals surface area contributed by atoms with Crippen LogP contribution in [0.2, 0.25) is 0 Å². The number of ether oxygens (including phenoxy) is 4. The van der Waals surface area contributed by atoms with E-state index in [4.69, 9.17) is 18.9 Å². The number of fused-ring (bicyclic) bond motifs is 7. The first kappa shape index (κ1) is 24.6. The fraction of sp³-hybridized carbons (Fsp3) is 0.290. The average Bonchev–Trinajstić information content (AvgIpc) is 3.10. The molecule has 0 spiro atoms. The lowest BCUT2D eigenvalue weighted by atomic mass is 9.79. The van der Waals surface area contributed by atoms with E-state index in [1.165, 1.54) is 17.2 Å². The van der Waals surface area contributed by atoms with Gasteiger partial charge in [0.1, 0.15) is 11.5 Å². The van der Waals surface area contributed by atoms with E-state index in [9.17, 15) is 9.59 Å². The summed E-state index contributed by atoms with van der Waals surface area (Å²) in [6, 6.07) is 14.3. The minimum atomic E-state index is -0.356. The van der Waals surface area contributed by atoms with E-state index in [1.54, 1.807) is 19.1 Å². The molecule has 0 saturated carbocycles. The highest BCUT2D eigenvalue weighted by atomic mass is 16.7. The molecule has 0 radical (unpaired) electrons. The Morgan fingerprint density at radius 1 is 0.919 bits per heavy atom. The number of benzene rings is 3. The molecule has 1 unspecified atom stereocenters. The quantitative estimate of drug-likeness (QED) is 0.305. The molecule has 37 heavy (non-hydrogen) atoms. The molecule has 1 aliphatic carbocycles. The molecule has 0 N–H and O–H groups in total. The van der Waals surface area contributed by atoms with Crippen molar-refractivity contribution < 1.29 is 28.5 Å². The summed E-state index contributed by atoms with van der Waals surface area (Å²) in [5, 5.41) is 2.11. The Morgan fingerprint density at radius 3 is 2.43 bits per heavy atom. The third kappa shape index (κ3) is 5.24. The fourth-order valence-corrected chi connectivity index (χ4v) is 5.15. The van der Waals surface area contributed by atoms with Crippen molar-refractivity contribution in [2.24, 2.45) is 5.92 Å². The smallest absolute Gasteiger partial charge is 0.330 e. The van der Waals surface area contributed by atoms with Gasteiger partial charge in [-0.3, -0.25) is 0 Å². The van der Waals surface area contributed by atoms with Gasteiger partial charge < -0.3 is 18.9 Å². The van der Waals surface area contributed by atoms with E-state index >= 15 is 0 Å². The number of carbonyl (C=O) groups excluding carboxylic acids is 2. The maximum atomic E-state index is 11.8. The molecule has 0 fully saturated rings. The van der Waals surface area contributed by atoms with Crippen molar-refractivity contribution in [2.75, 3.05) is 20.0 Å². The molecule has 0 bridgehead atoms. The molecular weight excluding hydrogens is 468 g/mol. The van der Waals surface area contributed by atoms with Crippen LogP contribution in [0, 0.1) is 5.92 Å². The van der Waals surface area contributed by atoms with Gasteiger partial charge in [0.2, 0.25) is 6.79 Å². The maximum absolute atomic E-state index is 11.8. The second-order valence-corrected chi connectivity index (χ2v) is 9.10. The van der Waals surface area contributed by atoms with Crippen LogP contribution in [0.1, 0.15) is 37.0 Å². The third-order valence-corrected chi connectivity index (χ3v) is 6.79. The van der Waals surface area contributed by atoms with Crippen LogP contribution in [0.3, 0.4) is 0 Å². The Kier molecular flexibility index (Phi) is 7.26. The SMILES string of the molecule is CCOC(=O)/C=C/c1ccc2c3c(ccc2c1)OCOc1ccc2c(c1-3)CCC(/C=C/C(=O)OCC)C2. The minimum absolute atomic E-state index is 0.148. The van der Waals surface area contributed by atoms with Gasteiger partial charge in [-0.15, -0.1) is 0 Å². The minimum Gasteiger partial charge on any atom is -0.463 e. The first-order chi connectivity index (χ1) is 18.1. The zero-order chi connectivity index (χ0) is 25.8. The van der Waals surface area contributed by atoms with E-state index in [1.807, 2.05) is 37.3 Å². The summed E-state index contributed by atoms with van der Waals surface area (Å²) in [6.45, 7) is 4.47. The molecule has 5 rings (SSSR count). The maximum Gasteiger partial charge on any atom is 0.330 e. The molecule has 1 heterocycles. The van der Waals surface area contributed by atoms with Crippen molar-refractivity contribution in [1.82, 2.24) is 0 Å². The van der Waals surface area contributed by atoms with Crippen molar-refractivity contribution in [3.63, 3.8) is 0 Å². The number of hydrogen-bond acceptors (Lipinski definition) is 6. The van der Waals surface area contributed by atoms with Gasteiger partial charge in [0.15, 0.2) is 0 Å². The zero-order valence-corrected chi connectivity index (χ0v) is 21.1. The molecule has 1 atom stereocenters. The van der Waals surface area contributed by atoms with Gasteiger partial charge in [-0.25, -0.2) is 9.59 Å². The summed E-state index contributed by atoms with van der Waals surface area (Å²) < 4.78 is 22.1. The Balaban J connectivity index is 1.53. The van der Waals surface area contributed by atoms with Crippen LogP contribution in [-0.2, 0) is 31.9 Å². The van der Waals surface area contributed by atoms with Gasteiger partial charge in [-0.05, 0) is 90.8 Å². The van der Waals surface area contributed by atoms with Crippen molar-refractivity contribution in [3.8, 4) is 22.6 Å². The summed E-state index contributed by atoms with van der Waals surface area (Å²) in [5.74, 6) is 1.23. The van der Waals surface area contributed by atoms with E-state index in [2.05, 4.69) is 18.2 Å². The monoisotopic (exact) mass is 498 g/mol. The van der Waals surface area contributed by atoms with E-state index in [0.717, 1.165) is 58.2 Å². The summed E-state index contributed by atoms with van der Waals surface area (Å²) >= 11 is 0. The second-order valence-electron chi connectivity index (χ2n) is 9.10. The normalized spacial score (nSPS) is 16.3. The first-order valence-electron chi connectivity index (χ1n) is 12.7. The van der Waals surface area contributed by atoms with Crippen LogP contribution in [0.25, 0.3) is 28.0 Å². The summed E-state index contributed by atoms with van der Waals surface area (Å²) in [5.41, 5.74) is 5.55. The summed E-state index contributed by atoms with van der Waals surface area (Å²) in [7, 11) is 0. The highest BCUT2D eigenvalue weighted by Crippen LogP contribution is 2.48. The van der Waals surface area contributed by atoms with Crippen molar-refractivity contribution >= 4 is 28.8 Å². The Bertz CT molecular complexity index is 1400. The second kappa shape index (κ2) is 10.9. The van der Waals surface area contributed by atoms with Crippen LogP contribution >= 0.6 is 0 Å². The average molecular weight is 499 g/mol. The van der Waals surface area contributed by atoms with Gasteiger partial charge in [-0.1, -0.05) is 30.3 Å². The molecular formula is C31H30O6. The lowest BCUT2D eigenvalue weighted by Gasteiger charge is -2.26. The van der Waals surface area contributed by atoms with Crippen LogP contribution in [-0.4, -0.2) is 31.9 Å². The molecule has 3 aromatic carbocycles. The lowest BCUT2D eigenvalue weighted by molar-refractivity contribution is -0.138. The highest BCUT2D eigenvalue weighted by molar-refractivity contribution is 6.03. The largest absolute Gasteiger partial charge is 0.463 e. The molecule has 0 amide bonds. The molecule has 2 aliphatic rings. The van der Waals surface area contributed by atoms with Crippen LogP contribution in [0.5, 0.6) is 11.5 Å². The lowest BCUT2D eigenvalue weighted by Crippen LogP contribution is -2.14. The first-order valence-corrected chi connectivity index (χ1v) is 12.7. The number of rotatable bonds is 6. The highest BCUT2D eigenvalue weighted by Gasteiger charge is 2.27. The van der Waals surface area contributed by atoms with E-state index < -0.39 is 0 Å².